The summed E-state index contributed by atoms with van der Waals surface area (Å²) in [6, 6.07) is 29.4. The molecule has 0 saturated carbocycles. The minimum atomic E-state index is -3.69. The number of carbonyl (C=O) groups excluding carboxylic acids is 2. The molecular formula is C33H33N5O4S. The number of anilines is 2. The molecule has 5 rings (SSSR count). The Kier molecular flexibility index (Phi) is 8.87. The van der Waals surface area contributed by atoms with Crippen LogP contribution in [0.5, 0.6) is 0 Å². The Labute approximate surface area is 251 Å². The van der Waals surface area contributed by atoms with Crippen molar-refractivity contribution < 1.29 is 18.0 Å². The molecule has 0 saturated heterocycles. The molecule has 5 aromatic rings. The minimum absolute atomic E-state index is 0.277. The van der Waals surface area contributed by atoms with Gasteiger partial charge in [0.1, 0.15) is 5.82 Å². The summed E-state index contributed by atoms with van der Waals surface area (Å²) in [7, 11) is -3.69. The number of hydrogen-bond acceptors (Lipinski definition) is 5. The topological polar surface area (TPSA) is 122 Å². The van der Waals surface area contributed by atoms with Crippen LogP contribution >= 0.6 is 0 Å². The number of urea groups is 1. The molecule has 0 spiro atoms. The van der Waals surface area contributed by atoms with Gasteiger partial charge in [-0.25, -0.2) is 22.9 Å². The van der Waals surface area contributed by atoms with E-state index in [9.17, 15) is 18.0 Å². The quantitative estimate of drug-likeness (QED) is 0.172. The van der Waals surface area contributed by atoms with Gasteiger partial charge in [-0.2, -0.15) is 0 Å². The summed E-state index contributed by atoms with van der Waals surface area (Å²) in [5.74, 6) is 0.295. The first-order chi connectivity index (χ1) is 20.7. The van der Waals surface area contributed by atoms with Crippen LogP contribution in [0.4, 0.5) is 16.2 Å². The van der Waals surface area contributed by atoms with Gasteiger partial charge in [-0.3, -0.25) is 4.79 Å². The van der Waals surface area contributed by atoms with Gasteiger partial charge in [-0.05, 0) is 59.5 Å². The summed E-state index contributed by atoms with van der Waals surface area (Å²) in [4.78, 5) is 30.2. The van der Waals surface area contributed by atoms with Crippen LogP contribution in [-0.2, 0) is 23.0 Å². The van der Waals surface area contributed by atoms with Crippen molar-refractivity contribution in [3.63, 3.8) is 0 Å². The second-order valence-electron chi connectivity index (χ2n) is 10.3. The highest BCUT2D eigenvalue weighted by molar-refractivity contribution is 7.89. The molecule has 0 fully saturated rings. The van der Waals surface area contributed by atoms with Gasteiger partial charge in [0.2, 0.25) is 10.0 Å². The first-order valence-electron chi connectivity index (χ1n) is 14.0. The van der Waals surface area contributed by atoms with Gasteiger partial charge in [0.05, 0.1) is 17.3 Å². The smallest absolute Gasteiger partial charge is 0.323 e. The molecule has 9 nitrogen and oxygen atoms in total. The third-order valence-corrected chi connectivity index (χ3v) is 7.48. The summed E-state index contributed by atoms with van der Waals surface area (Å²) < 4.78 is 27.5. The lowest BCUT2D eigenvalue weighted by Gasteiger charge is -2.13. The van der Waals surface area contributed by atoms with Crippen molar-refractivity contribution in [2.45, 2.75) is 32.7 Å². The zero-order valence-corrected chi connectivity index (χ0v) is 24.8. The van der Waals surface area contributed by atoms with E-state index in [1.54, 1.807) is 18.2 Å². The van der Waals surface area contributed by atoms with Crippen LogP contribution in [-0.4, -0.2) is 36.2 Å². The van der Waals surface area contributed by atoms with Crippen LogP contribution in [0.25, 0.3) is 22.2 Å². The highest BCUT2D eigenvalue weighted by atomic mass is 32.2. The summed E-state index contributed by atoms with van der Waals surface area (Å²) >= 11 is 0. The number of hydrogen-bond donors (Lipinski definition) is 3. The molecule has 1 aromatic heterocycles. The monoisotopic (exact) mass is 595 g/mol. The summed E-state index contributed by atoms with van der Waals surface area (Å²) in [5, 5.41) is 5.76. The molecule has 3 amide bonds. The number of amides is 3. The van der Waals surface area contributed by atoms with Crippen LogP contribution in [0.2, 0.25) is 0 Å². The van der Waals surface area contributed by atoms with Gasteiger partial charge in [-0.1, -0.05) is 74.0 Å². The van der Waals surface area contributed by atoms with Crippen LogP contribution in [0.1, 0.15) is 41.5 Å². The normalized spacial score (nSPS) is 11.3. The highest BCUT2D eigenvalue weighted by Gasteiger charge is 2.17. The lowest BCUT2D eigenvalue weighted by atomic mass is 9.98. The number of para-hydroxylation sites is 1. The van der Waals surface area contributed by atoms with Crippen LogP contribution < -0.4 is 15.4 Å². The van der Waals surface area contributed by atoms with Gasteiger partial charge in [0.25, 0.3) is 5.91 Å². The third kappa shape index (κ3) is 7.47. The highest BCUT2D eigenvalue weighted by Crippen LogP contribution is 2.27. The SMILES string of the molecule is CCCCc1nc2ccc(NC(=O)Nc3ccccc3)cc2n1Cc1ccc(-c2ccccc2C(=O)NS(C)(=O)=O)cc1. The van der Waals surface area contributed by atoms with Crippen LogP contribution in [0.3, 0.4) is 0 Å². The number of fused-ring (bicyclic) bond motifs is 1. The fourth-order valence-corrected chi connectivity index (χ4v) is 5.34. The second kappa shape index (κ2) is 12.9. The Morgan fingerprint density at radius 3 is 2.26 bits per heavy atom. The van der Waals surface area contributed by atoms with Crippen molar-refractivity contribution in [3.05, 3.63) is 114 Å². The van der Waals surface area contributed by atoms with Crippen molar-refractivity contribution in [1.29, 1.82) is 0 Å². The lowest BCUT2D eigenvalue weighted by Crippen LogP contribution is -2.29. The van der Waals surface area contributed by atoms with Crippen LogP contribution in [0.15, 0.2) is 97.1 Å². The molecule has 4 aromatic carbocycles. The number of benzene rings is 4. The third-order valence-electron chi connectivity index (χ3n) is 6.93. The van der Waals surface area contributed by atoms with Crippen molar-refractivity contribution in [3.8, 4) is 11.1 Å². The van der Waals surface area contributed by atoms with Crippen molar-refractivity contribution in [2.75, 3.05) is 16.9 Å². The largest absolute Gasteiger partial charge is 0.323 e. The van der Waals surface area contributed by atoms with Gasteiger partial charge >= 0.3 is 6.03 Å². The fourth-order valence-electron chi connectivity index (χ4n) is 4.90. The number of aromatic nitrogens is 2. The predicted molar refractivity (Wildman–Crippen MR) is 171 cm³/mol. The summed E-state index contributed by atoms with van der Waals surface area (Å²) in [6.45, 7) is 2.71. The van der Waals surface area contributed by atoms with E-state index in [0.717, 1.165) is 53.5 Å². The molecule has 10 heteroatoms. The summed E-state index contributed by atoms with van der Waals surface area (Å²) in [5.41, 5.74) is 5.85. The zero-order valence-electron chi connectivity index (χ0n) is 24.0. The van der Waals surface area contributed by atoms with E-state index in [4.69, 9.17) is 4.98 Å². The molecule has 43 heavy (non-hydrogen) atoms. The van der Waals surface area contributed by atoms with E-state index in [1.807, 2.05) is 83.6 Å². The number of nitrogens with one attached hydrogen (secondary N) is 3. The Bertz CT molecular complexity index is 1870. The maximum absolute atomic E-state index is 12.6. The first kappa shape index (κ1) is 29.5. The molecule has 3 N–H and O–H groups in total. The maximum atomic E-state index is 12.6. The maximum Gasteiger partial charge on any atom is 0.323 e. The molecule has 0 radical (unpaired) electrons. The van der Waals surface area contributed by atoms with E-state index in [1.165, 1.54) is 0 Å². The van der Waals surface area contributed by atoms with Crippen LogP contribution in [0, 0.1) is 0 Å². The number of imidazole rings is 1. The number of unbranched alkanes of at least 4 members (excludes halogenated alkanes) is 1. The van der Waals surface area contributed by atoms with E-state index < -0.39 is 15.9 Å². The predicted octanol–water partition coefficient (Wildman–Crippen LogP) is 6.43. The number of aryl methyl sites for hydroxylation is 1. The first-order valence-corrected chi connectivity index (χ1v) is 15.9. The molecule has 220 valence electrons. The molecule has 0 atom stereocenters. The Morgan fingerprint density at radius 2 is 1.53 bits per heavy atom. The van der Waals surface area contributed by atoms with Gasteiger partial charge in [0.15, 0.2) is 0 Å². The van der Waals surface area contributed by atoms with Gasteiger partial charge < -0.3 is 15.2 Å². The Morgan fingerprint density at radius 1 is 0.837 bits per heavy atom. The van der Waals surface area contributed by atoms with Crippen molar-refractivity contribution >= 4 is 44.4 Å². The van der Waals surface area contributed by atoms with E-state index in [-0.39, 0.29) is 11.6 Å². The average Bonchev–Trinajstić information content (AvgIpc) is 3.32. The molecule has 0 bridgehead atoms. The minimum Gasteiger partial charge on any atom is -0.323 e. The fraction of sp³-hybridized carbons (Fsp3) is 0.182. The summed E-state index contributed by atoms with van der Waals surface area (Å²) in [6.07, 6.45) is 3.81. The molecule has 1 heterocycles. The number of carbonyl (C=O) groups is 2. The van der Waals surface area contributed by atoms with E-state index in [0.29, 0.717) is 23.5 Å². The number of sulfonamides is 1. The number of nitrogens with zero attached hydrogens (tertiary/aromatic N) is 2. The Hall–Kier alpha value is -4.96. The van der Waals surface area contributed by atoms with E-state index >= 15 is 0 Å². The lowest BCUT2D eigenvalue weighted by molar-refractivity contribution is 0.0982. The average molecular weight is 596 g/mol. The van der Waals surface area contributed by atoms with Crippen molar-refractivity contribution in [1.82, 2.24) is 14.3 Å². The molecule has 0 aliphatic heterocycles. The van der Waals surface area contributed by atoms with Gasteiger partial charge in [0, 0.05) is 29.9 Å². The van der Waals surface area contributed by atoms with E-state index in [2.05, 4.69) is 22.1 Å². The van der Waals surface area contributed by atoms with Crippen molar-refractivity contribution in [2.24, 2.45) is 0 Å². The molecular weight excluding hydrogens is 562 g/mol. The molecule has 0 unspecified atom stereocenters. The Balaban J connectivity index is 1.41. The van der Waals surface area contributed by atoms with Gasteiger partial charge in [-0.15, -0.1) is 0 Å². The zero-order chi connectivity index (χ0) is 30.4. The standard InChI is InChI=1S/C33H33N5O4S/c1-3-4-14-31-36-29-20-19-26(35-33(40)34-25-10-6-5-7-11-25)21-30(29)38(31)22-23-15-17-24(18-16-23)27-12-8-9-13-28(27)32(39)37-43(2,41)42/h5-13,15-21H,3-4,14,22H2,1-2H3,(H,37,39)(H2,34,35,40). The molecule has 0 aliphatic rings. The number of rotatable bonds is 10. The molecule has 0 aliphatic carbocycles. The second-order valence-corrected chi connectivity index (χ2v) is 12.1.